The van der Waals surface area contributed by atoms with Gasteiger partial charge in [0.1, 0.15) is 26.0 Å². The van der Waals surface area contributed by atoms with Crippen molar-refractivity contribution >= 4 is 60.8 Å². The lowest BCUT2D eigenvalue weighted by atomic mass is 10.1. The number of carbonyl (C=O) groups is 7. The molecule has 0 aromatic carbocycles. The van der Waals surface area contributed by atoms with Crippen LogP contribution in [-0.4, -0.2) is 84.1 Å². The number of amides is 4. The number of esters is 1. The number of nitrogens with one attached hydrogen (secondary N) is 4. The van der Waals surface area contributed by atoms with Crippen molar-refractivity contribution in [2.24, 2.45) is 10.7 Å². The molecule has 0 aromatic heterocycles. The largest absolute Gasteiger partial charge is 0.393 e. The Labute approximate surface area is 228 Å². The van der Waals surface area contributed by atoms with Crippen molar-refractivity contribution in [3.05, 3.63) is 0 Å². The molecule has 0 spiro atoms. The first kappa shape index (κ1) is 32.5. The predicted octanol–water partition coefficient (Wildman–Crippen LogP) is -1.49. The summed E-state index contributed by atoms with van der Waals surface area (Å²) in [5, 5.41) is 8.97. The lowest BCUT2D eigenvalue weighted by molar-refractivity contribution is -0.137. The number of aliphatic imine (C=N–C) groups is 1. The standard InChI is InChI=1S/C23H38N6O8S/c1-5-18(32)28-16(21(35)26-13(2)11-30)7-6-10-25-23(24)37-19(33)9-8-17(29-20(34)15(4)38)22(36)27-14(3)12-31/h11-17,38H,5-10H2,1-4H3,(H2,24,25)(H,26,35)(H,27,36)(H,28,32)(H,29,34)/i12T. The third-order valence-corrected chi connectivity index (χ3v) is 5.10. The van der Waals surface area contributed by atoms with Crippen LogP contribution in [0.1, 0.15) is 61.2 Å². The number of nitrogens with zero attached hydrogens (tertiary/aromatic N) is 1. The summed E-state index contributed by atoms with van der Waals surface area (Å²) in [6, 6.07) is -4.41. The topological polar surface area (TPSA) is 215 Å². The molecule has 4 amide bonds. The highest BCUT2D eigenvalue weighted by Crippen LogP contribution is 2.04. The monoisotopic (exact) mass is 560 g/mol. The van der Waals surface area contributed by atoms with E-state index in [9.17, 15) is 33.6 Å². The Bertz CT molecular complexity index is 932. The quantitative estimate of drug-likeness (QED) is 0.0305. The molecular weight excluding hydrogens is 520 g/mol. The lowest BCUT2D eigenvalue weighted by Crippen LogP contribution is -2.51. The Hall–Kier alpha value is -3.49. The van der Waals surface area contributed by atoms with Crippen molar-refractivity contribution in [3.63, 3.8) is 0 Å². The van der Waals surface area contributed by atoms with Gasteiger partial charge in [-0.2, -0.15) is 12.6 Å². The van der Waals surface area contributed by atoms with E-state index in [1.54, 1.807) is 6.92 Å². The number of ether oxygens (including phenoxy) is 1. The van der Waals surface area contributed by atoms with Crippen LogP contribution in [0.2, 0.25) is 0 Å². The summed E-state index contributed by atoms with van der Waals surface area (Å²) < 4.78 is 12.0. The molecule has 0 aliphatic rings. The Morgan fingerprint density at radius 3 is 2.05 bits per heavy atom. The number of carbonyl (C=O) groups excluding carboxylic acids is 7. The second-order valence-electron chi connectivity index (χ2n) is 8.37. The number of amidine groups is 1. The zero-order chi connectivity index (χ0) is 30.1. The fourth-order valence-corrected chi connectivity index (χ4v) is 2.85. The van der Waals surface area contributed by atoms with Gasteiger partial charge in [0, 0.05) is 19.4 Å². The summed E-state index contributed by atoms with van der Waals surface area (Å²) in [5.41, 5.74) is 5.62. The van der Waals surface area contributed by atoms with Crippen LogP contribution in [0, 0.1) is 0 Å². The molecule has 5 atom stereocenters. The highest BCUT2D eigenvalue weighted by molar-refractivity contribution is 7.81. The van der Waals surface area contributed by atoms with Crippen LogP contribution in [0.3, 0.4) is 0 Å². The van der Waals surface area contributed by atoms with Crippen molar-refractivity contribution in [2.45, 2.75) is 89.2 Å². The Morgan fingerprint density at radius 1 is 0.947 bits per heavy atom. The van der Waals surface area contributed by atoms with Crippen molar-refractivity contribution in [1.82, 2.24) is 21.3 Å². The van der Waals surface area contributed by atoms with Gasteiger partial charge in [-0.05, 0) is 40.0 Å². The van der Waals surface area contributed by atoms with Crippen LogP contribution >= 0.6 is 12.6 Å². The lowest BCUT2D eigenvalue weighted by Gasteiger charge is -2.20. The molecule has 15 heteroatoms. The number of rotatable bonds is 17. The van der Waals surface area contributed by atoms with Crippen LogP contribution < -0.4 is 27.0 Å². The number of thiol groups is 1. The molecule has 0 saturated heterocycles. The smallest absolute Gasteiger partial charge is 0.313 e. The molecule has 0 saturated carbocycles. The molecular formula is C23H38N6O8S. The molecule has 6 N–H and O–H groups in total. The van der Waals surface area contributed by atoms with E-state index < -0.39 is 65.4 Å². The summed E-state index contributed by atoms with van der Waals surface area (Å²) in [7, 11) is 0. The summed E-state index contributed by atoms with van der Waals surface area (Å²) >= 11 is 3.99. The van der Waals surface area contributed by atoms with E-state index in [4.69, 9.17) is 11.8 Å². The molecule has 5 unspecified atom stereocenters. The Morgan fingerprint density at radius 2 is 1.53 bits per heavy atom. The maximum atomic E-state index is 12.4. The van der Waals surface area contributed by atoms with E-state index in [1.807, 2.05) is 0 Å². The van der Waals surface area contributed by atoms with Crippen molar-refractivity contribution in [1.29, 1.82) is 0 Å². The maximum Gasteiger partial charge on any atom is 0.313 e. The average Bonchev–Trinajstić information content (AvgIpc) is 2.87. The molecule has 0 aliphatic heterocycles. The van der Waals surface area contributed by atoms with Gasteiger partial charge in [-0.25, -0.2) is 4.99 Å². The Balaban J connectivity index is 4.95. The van der Waals surface area contributed by atoms with E-state index in [0.29, 0.717) is 6.29 Å². The molecule has 0 bridgehead atoms. The number of aldehydes is 2. The van der Waals surface area contributed by atoms with Gasteiger partial charge in [-0.3, -0.25) is 24.0 Å². The van der Waals surface area contributed by atoms with E-state index in [1.165, 1.54) is 20.8 Å². The molecule has 0 fully saturated rings. The zero-order valence-electron chi connectivity index (χ0n) is 22.9. The molecule has 0 aliphatic carbocycles. The Kier molecular flexibility index (Phi) is 16.0. The van der Waals surface area contributed by atoms with Gasteiger partial charge in [0.2, 0.25) is 23.6 Å². The first-order chi connectivity index (χ1) is 18.2. The first-order valence-corrected chi connectivity index (χ1v) is 12.6. The molecule has 0 heterocycles. The molecule has 14 nitrogen and oxygen atoms in total. The SMILES string of the molecule is [3H]C(=O)C(C)NC(=O)C(CCC(=O)OC(N)=NCCCC(NC(=O)CC)C(=O)NC(C)C=O)NC(=O)C(C)S. The maximum absolute atomic E-state index is 12.4. The zero-order valence-corrected chi connectivity index (χ0v) is 22.8. The minimum atomic E-state index is -1.21. The van der Waals surface area contributed by atoms with Crippen molar-refractivity contribution in [2.75, 3.05) is 6.54 Å². The highest BCUT2D eigenvalue weighted by Gasteiger charge is 2.25. The van der Waals surface area contributed by atoms with Crippen molar-refractivity contribution < 1.29 is 39.7 Å². The van der Waals surface area contributed by atoms with E-state index in [-0.39, 0.29) is 44.6 Å². The highest BCUT2D eigenvalue weighted by atomic mass is 32.1. The number of hydrogen-bond acceptors (Lipinski definition) is 10. The van der Waals surface area contributed by atoms with E-state index >= 15 is 0 Å². The van der Waals surface area contributed by atoms with Crippen LogP contribution in [0.4, 0.5) is 0 Å². The minimum Gasteiger partial charge on any atom is -0.393 e. The van der Waals surface area contributed by atoms with Crippen LogP contribution in [0.15, 0.2) is 4.99 Å². The first-order valence-electron chi connectivity index (χ1n) is 12.6. The van der Waals surface area contributed by atoms with Crippen LogP contribution in [-0.2, 0) is 38.3 Å². The summed E-state index contributed by atoms with van der Waals surface area (Å²) in [4.78, 5) is 86.5. The molecule has 214 valence electrons. The summed E-state index contributed by atoms with van der Waals surface area (Å²) in [6.45, 7) is 5.95. The third-order valence-electron chi connectivity index (χ3n) is 4.87. The molecule has 0 radical (unpaired) electrons. The fraction of sp³-hybridized carbons (Fsp3) is 0.652. The minimum absolute atomic E-state index is 0.0497. The van der Waals surface area contributed by atoms with Gasteiger partial charge in [0.05, 0.1) is 17.3 Å². The van der Waals surface area contributed by atoms with Crippen LogP contribution in [0.25, 0.3) is 0 Å². The van der Waals surface area contributed by atoms with Gasteiger partial charge >= 0.3 is 5.97 Å². The van der Waals surface area contributed by atoms with E-state index in [2.05, 4.69) is 38.9 Å². The number of hydrogen-bond donors (Lipinski definition) is 6. The number of nitrogens with two attached hydrogens (primary N) is 1. The van der Waals surface area contributed by atoms with E-state index in [0.717, 1.165) is 0 Å². The van der Waals surface area contributed by atoms with Gasteiger partial charge in [0.15, 0.2) is 0 Å². The molecule has 0 aromatic rings. The third kappa shape index (κ3) is 14.9. The van der Waals surface area contributed by atoms with Gasteiger partial charge in [-0.15, -0.1) is 0 Å². The normalized spacial score (nSPS) is 15.4. The molecule has 38 heavy (non-hydrogen) atoms. The van der Waals surface area contributed by atoms with Crippen LogP contribution in [0.5, 0.6) is 0 Å². The summed E-state index contributed by atoms with van der Waals surface area (Å²) in [6.07, 6.45) is -0.413. The van der Waals surface area contributed by atoms with Gasteiger partial charge in [0.25, 0.3) is 6.02 Å². The summed E-state index contributed by atoms with van der Waals surface area (Å²) in [5.74, 6) is -3.07. The second-order valence-corrected chi connectivity index (χ2v) is 9.14. The predicted molar refractivity (Wildman–Crippen MR) is 141 cm³/mol. The second kappa shape index (κ2) is 18.7. The van der Waals surface area contributed by atoms with Gasteiger partial charge in [-0.1, -0.05) is 6.92 Å². The average molecular weight is 561 g/mol. The fourth-order valence-electron chi connectivity index (χ4n) is 2.78. The van der Waals surface area contributed by atoms with Gasteiger partial charge < -0.3 is 41.3 Å². The molecule has 0 rings (SSSR count). The van der Waals surface area contributed by atoms with Crippen molar-refractivity contribution in [3.8, 4) is 0 Å².